The minimum atomic E-state index is 0.526. The number of aryl methyl sites for hydroxylation is 1. The molecule has 1 atom stereocenters. The molecular weight excluding hydrogens is 192 g/mol. The second-order valence-corrected chi connectivity index (χ2v) is 5.90. The predicted octanol–water partition coefficient (Wildman–Crippen LogP) is 2.59. The Morgan fingerprint density at radius 3 is 2.86 bits per heavy atom. The molecule has 0 radical (unpaired) electrons. The molecule has 0 spiro atoms. The van der Waals surface area contributed by atoms with Gasteiger partial charge in [0.05, 0.1) is 5.01 Å². The standard InChI is InChI=1S/C11H18N2S/c1-4-10-13-7-8(14-10)6-12-9-5-11(9,2)3/h7,9,12H,4-6H2,1-3H3. The summed E-state index contributed by atoms with van der Waals surface area (Å²) in [5.74, 6) is 0. The van der Waals surface area contributed by atoms with Crippen LogP contribution in [0, 0.1) is 5.41 Å². The maximum absolute atomic E-state index is 4.35. The summed E-state index contributed by atoms with van der Waals surface area (Å²) in [6.07, 6.45) is 4.37. The average molecular weight is 210 g/mol. The van der Waals surface area contributed by atoms with Crippen molar-refractivity contribution in [2.75, 3.05) is 0 Å². The molecule has 1 unspecified atom stereocenters. The van der Waals surface area contributed by atoms with Gasteiger partial charge < -0.3 is 5.32 Å². The van der Waals surface area contributed by atoms with Crippen LogP contribution >= 0.6 is 11.3 Å². The molecule has 78 valence electrons. The summed E-state index contributed by atoms with van der Waals surface area (Å²) in [6, 6.07) is 0.717. The van der Waals surface area contributed by atoms with Crippen molar-refractivity contribution in [2.45, 2.75) is 46.2 Å². The van der Waals surface area contributed by atoms with Crippen molar-refractivity contribution in [1.82, 2.24) is 10.3 Å². The van der Waals surface area contributed by atoms with E-state index >= 15 is 0 Å². The first kappa shape index (κ1) is 10.1. The molecule has 1 aliphatic rings. The minimum absolute atomic E-state index is 0.526. The lowest BCUT2D eigenvalue weighted by atomic mass is 10.2. The van der Waals surface area contributed by atoms with Crippen molar-refractivity contribution >= 4 is 11.3 Å². The van der Waals surface area contributed by atoms with Gasteiger partial charge in [-0.25, -0.2) is 4.98 Å². The van der Waals surface area contributed by atoms with Crippen molar-refractivity contribution in [2.24, 2.45) is 5.41 Å². The third-order valence-electron chi connectivity index (χ3n) is 2.94. The second kappa shape index (κ2) is 3.63. The Kier molecular flexibility index (Phi) is 2.62. The minimum Gasteiger partial charge on any atom is -0.308 e. The fourth-order valence-corrected chi connectivity index (χ4v) is 2.45. The summed E-state index contributed by atoms with van der Waals surface area (Å²) in [7, 11) is 0. The van der Waals surface area contributed by atoms with E-state index in [1.165, 1.54) is 16.3 Å². The van der Waals surface area contributed by atoms with Crippen molar-refractivity contribution in [3.8, 4) is 0 Å². The molecule has 3 heteroatoms. The van der Waals surface area contributed by atoms with Crippen LogP contribution in [0.2, 0.25) is 0 Å². The van der Waals surface area contributed by atoms with Crippen molar-refractivity contribution in [3.05, 3.63) is 16.1 Å². The molecule has 0 aliphatic heterocycles. The number of nitrogens with zero attached hydrogens (tertiary/aromatic N) is 1. The molecular formula is C11H18N2S. The van der Waals surface area contributed by atoms with Gasteiger partial charge in [-0.3, -0.25) is 0 Å². The summed E-state index contributed by atoms with van der Waals surface area (Å²) < 4.78 is 0. The molecule has 1 aromatic rings. The normalized spacial score (nSPS) is 23.8. The molecule has 1 heterocycles. The SMILES string of the molecule is CCc1ncc(CNC2CC2(C)C)s1. The number of nitrogens with one attached hydrogen (secondary N) is 1. The summed E-state index contributed by atoms with van der Waals surface area (Å²) in [6.45, 7) is 7.77. The smallest absolute Gasteiger partial charge is 0.0925 e. The van der Waals surface area contributed by atoms with Gasteiger partial charge in [0, 0.05) is 23.7 Å². The molecule has 1 saturated carbocycles. The van der Waals surface area contributed by atoms with Crippen LogP contribution in [-0.4, -0.2) is 11.0 Å². The van der Waals surface area contributed by atoms with Crippen LogP contribution in [0.1, 0.15) is 37.1 Å². The van der Waals surface area contributed by atoms with E-state index < -0.39 is 0 Å². The monoisotopic (exact) mass is 210 g/mol. The summed E-state index contributed by atoms with van der Waals surface area (Å²) >= 11 is 1.83. The third kappa shape index (κ3) is 2.15. The van der Waals surface area contributed by atoms with E-state index in [1.54, 1.807) is 0 Å². The number of thiazole rings is 1. The van der Waals surface area contributed by atoms with Gasteiger partial charge >= 0.3 is 0 Å². The van der Waals surface area contributed by atoms with Gasteiger partial charge in [-0.05, 0) is 18.3 Å². The van der Waals surface area contributed by atoms with Crippen LogP contribution in [0.3, 0.4) is 0 Å². The molecule has 0 aromatic carbocycles. The quantitative estimate of drug-likeness (QED) is 0.826. The first-order chi connectivity index (χ1) is 6.62. The maximum Gasteiger partial charge on any atom is 0.0925 e. The van der Waals surface area contributed by atoms with E-state index in [-0.39, 0.29) is 0 Å². The first-order valence-electron chi connectivity index (χ1n) is 5.29. The zero-order valence-corrected chi connectivity index (χ0v) is 9.95. The van der Waals surface area contributed by atoms with E-state index in [4.69, 9.17) is 0 Å². The molecule has 0 bridgehead atoms. The molecule has 0 saturated heterocycles. The van der Waals surface area contributed by atoms with Gasteiger partial charge in [0.2, 0.25) is 0 Å². The van der Waals surface area contributed by atoms with Crippen molar-refractivity contribution < 1.29 is 0 Å². The second-order valence-electron chi connectivity index (χ2n) is 4.70. The highest BCUT2D eigenvalue weighted by atomic mass is 32.1. The van der Waals surface area contributed by atoms with E-state index in [0.29, 0.717) is 5.41 Å². The zero-order chi connectivity index (χ0) is 10.2. The molecule has 2 nitrogen and oxygen atoms in total. The van der Waals surface area contributed by atoms with Gasteiger partial charge in [-0.15, -0.1) is 11.3 Å². The van der Waals surface area contributed by atoms with E-state index in [1.807, 2.05) is 17.5 Å². The highest BCUT2D eigenvalue weighted by Gasteiger charge is 2.44. The third-order valence-corrected chi connectivity index (χ3v) is 4.08. The van der Waals surface area contributed by atoms with Gasteiger partial charge in [0.25, 0.3) is 0 Å². The Balaban J connectivity index is 1.81. The molecule has 1 aromatic heterocycles. The molecule has 1 aliphatic carbocycles. The molecule has 14 heavy (non-hydrogen) atoms. The van der Waals surface area contributed by atoms with Crippen molar-refractivity contribution in [3.63, 3.8) is 0 Å². The fourth-order valence-electron chi connectivity index (χ4n) is 1.63. The van der Waals surface area contributed by atoms with E-state index in [0.717, 1.165) is 19.0 Å². The van der Waals surface area contributed by atoms with E-state index in [9.17, 15) is 0 Å². The number of aromatic nitrogens is 1. The van der Waals surface area contributed by atoms with Crippen LogP contribution in [-0.2, 0) is 13.0 Å². The maximum atomic E-state index is 4.35. The molecule has 1 fully saturated rings. The highest BCUT2D eigenvalue weighted by molar-refractivity contribution is 7.11. The number of hydrogen-bond acceptors (Lipinski definition) is 3. The molecule has 1 N–H and O–H groups in total. The van der Waals surface area contributed by atoms with Crippen LogP contribution in [0.25, 0.3) is 0 Å². The topological polar surface area (TPSA) is 24.9 Å². The van der Waals surface area contributed by atoms with Crippen LogP contribution < -0.4 is 5.32 Å². The Morgan fingerprint density at radius 2 is 2.36 bits per heavy atom. The van der Waals surface area contributed by atoms with Gasteiger partial charge in [0.1, 0.15) is 0 Å². The summed E-state index contributed by atoms with van der Waals surface area (Å²) in [4.78, 5) is 5.71. The summed E-state index contributed by atoms with van der Waals surface area (Å²) in [5.41, 5.74) is 0.526. The predicted molar refractivity (Wildman–Crippen MR) is 60.5 cm³/mol. The Bertz CT molecular complexity index is 317. The lowest BCUT2D eigenvalue weighted by molar-refractivity contribution is 0.544. The van der Waals surface area contributed by atoms with Crippen LogP contribution in [0.4, 0.5) is 0 Å². The molecule has 2 rings (SSSR count). The largest absolute Gasteiger partial charge is 0.308 e. The number of rotatable bonds is 4. The fraction of sp³-hybridized carbons (Fsp3) is 0.727. The lowest BCUT2D eigenvalue weighted by Crippen LogP contribution is -2.19. The highest BCUT2D eigenvalue weighted by Crippen LogP contribution is 2.44. The van der Waals surface area contributed by atoms with E-state index in [2.05, 4.69) is 31.1 Å². The molecule has 0 amide bonds. The zero-order valence-electron chi connectivity index (χ0n) is 9.13. The van der Waals surface area contributed by atoms with Gasteiger partial charge in [-0.1, -0.05) is 20.8 Å². The summed E-state index contributed by atoms with van der Waals surface area (Å²) in [5, 5.41) is 4.82. The average Bonchev–Trinajstić information content (AvgIpc) is 2.62. The van der Waals surface area contributed by atoms with Crippen LogP contribution in [0.15, 0.2) is 6.20 Å². The van der Waals surface area contributed by atoms with Crippen molar-refractivity contribution in [1.29, 1.82) is 0 Å². The lowest BCUT2D eigenvalue weighted by Gasteiger charge is -2.03. The number of hydrogen-bond donors (Lipinski definition) is 1. The van der Waals surface area contributed by atoms with Gasteiger partial charge in [0.15, 0.2) is 0 Å². The first-order valence-corrected chi connectivity index (χ1v) is 6.10. The Labute approximate surface area is 89.8 Å². The van der Waals surface area contributed by atoms with Gasteiger partial charge in [-0.2, -0.15) is 0 Å². The van der Waals surface area contributed by atoms with Crippen LogP contribution in [0.5, 0.6) is 0 Å². The Morgan fingerprint density at radius 1 is 1.64 bits per heavy atom. The Hall–Kier alpha value is -0.410.